The van der Waals surface area contributed by atoms with Gasteiger partial charge in [0.1, 0.15) is 0 Å². The molecule has 7 heteroatoms. The van der Waals surface area contributed by atoms with Gasteiger partial charge in [-0.25, -0.2) is 0 Å². The molecule has 1 N–H and O–H groups in total. The van der Waals surface area contributed by atoms with Gasteiger partial charge >= 0.3 is 0 Å². The van der Waals surface area contributed by atoms with Crippen LogP contribution in [0.5, 0.6) is 0 Å². The van der Waals surface area contributed by atoms with Crippen molar-refractivity contribution in [3.05, 3.63) is 41.5 Å². The van der Waals surface area contributed by atoms with Crippen LogP contribution in [0.25, 0.3) is 0 Å². The molecule has 0 bridgehead atoms. The van der Waals surface area contributed by atoms with Gasteiger partial charge in [0.05, 0.1) is 11.8 Å². The molecule has 5 nitrogen and oxygen atoms in total. The summed E-state index contributed by atoms with van der Waals surface area (Å²) < 4.78 is 5.38. The molecule has 120 valence electrons. The van der Waals surface area contributed by atoms with Crippen LogP contribution in [0.1, 0.15) is 23.3 Å². The van der Waals surface area contributed by atoms with Crippen molar-refractivity contribution in [2.45, 2.75) is 23.6 Å². The molecule has 1 aromatic carbocycles. The zero-order valence-corrected chi connectivity index (χ0v) is 14.4. The van der Waals surface area contributed by atoms with E-state index >= 15 is 0 Å². The Morgan fingerprint density at radius 1 is 1.36 bits per heavy atom. The molecule has 0 aliphatic carbocycles. The van der Waals surface area contributed by atoms with Crippen LogP contribution in [-0.4, -0.2) is 41.7 Å². The van der Waals surface area contributed by atoms with Crippen LogP contribution < -0.4 is 5.32 Å². The fraction of sp³-hybridized carbons (Fsp3) is 0.467. The Kier molecular flexibility index (Phi) is 6.26. The fourth-order valence-electron chi connectivity index (χ4n) is 2.34. The van der Waals surface area contributed by atoms with Gasteiger partial charge in [-0.1, -0.05) is 22.9 Å². The summed E-state index contributed by atoms with van der Waals surface area (Å²) >= 11 is 1.72. The summed E-state index contributed by atoms with van der Waals surface area (Å²) in [7, 11) is 2.10. The average molecular weight is 341 g/mol. The predicted molar refractivity (Wildman–Crippen MR) is 90.5 cm³/mol. The third-order valence-corrected chi connectivity index (χ3v) is 4.67. The fourth-order valence-corrected chi connectivity index (χ4v) is 3.07. The number of aryl methyl sites for hydroxylation is 1. The Bertz CT molecular complexity index is 589. The van der Waals surface area contributed by atoms with E-state index in [-0.39, 0.29) is 18.4 Å². The Morgan fingerprint density at radius 2 is 2.14 bits per heavy atom. The maximum absolute atomic E-state index is 5.38. The number of piperazine rings is 1. The normalized spacial score (nSPS) is 18.9. The molecule has 0 spiro atoms. The van der Waals surface area contributed by atoms with Gasteiger partial charge in [-0.15, -0.1) is 24.2 Å². The van der Waals surface area contributed by atoms with Crippen LogP contribution in [0.3, 0.4) is 0 Å². The van der Waals surface area contributed by atoms with Crippen LogP contribution in [0.2, 0.25) is 0 Å². The predicted octanol–water partition coefficient (Wildman–Crippen LogP) is 2.67. The van der Waals surface area contributed by atoms with Crippen LogP contribution in [-0.2, 0) is 5.75 Å². The first kappa shape index (κ1) is 17.3. The van der Waals surface area contributed by atoms with Gasteiger partial charge in [0.25, 0.3) is 0 Å². The highest BCUT2D eigenvalue weighted by molar-refractivity contribution is 7.98. The molecule has 2 aromatic rings. The minimum atomic E-state index is 0. The zero-order valence-electron chi connectivity index (χ0n) is 12.8. The first-order valence-corrected chi connectivity index (χ1v) is 8.14. The molecule has 1 unspecified atom stereocenters. The van der Waals surface area contributed by atoms with E-state index in [2.05, 4.69) is 58.6 Å². The van der Waals surface area contributed by atoms with Crippen molar-refractivity contribution < 1.29 is 4.52 Å². The van der Waals surface area contributed by atoms with E-state index in [9.17, 15) is 0 Å². The lowest BCUT2D eigenvalue weighted by Gasteiger charge is -2.30. The lowest BCUT2D eigenvalue weighted by molar-refractivity contribution is 0.190. The van der Waals surface area contributed by atoms with E-state index in [1.54, 1.807) is 11.8 Å². The summed E-state index contributed by atoms with van der Waals surface area (Å²) in [5, 5.41) is 7.50. The Hall–Kier alpha value is -1.08. The number of likely N-dealkylation sites (N-methyl/N-ethyl adjacent to an activating group) is 1. The van der Waals surface area contributed by atoms with Crippen molar-refractivity contribution in [3.8, 4) is 0 Å². The topological polar surface area (TPSA) is 54.2 Å². The van der Waals surface area contributed by atoms with E-state index in [4.69, 9.17) is 4.52 Å². The number of thioether (sulfide) groups is 1. The van der Waals surface area contributed by atoms with Crippen LogP contribution >= 0.6 is 24.2 Å². The smallest absolute Gasteiger partial charge is 0.237 e. The second-order valence-electron chi connectivity index (χ2n) is 5.35. The number of hydrogen-bond donors (Lipinski definition) is 1. The van der Waals surface area contributed by atoms with Gasteiger partial charge < -0.3 is 9.84 Å². The lowest BCUT2D eigenvalue weighted by Crippen LogP contribution is -2.44. The minimum absolute atomic E-state index is 0. The maximum Gasteiger partial charge on any atom is 0.237 e. The number of nitrogens with one attached hydrogen (secondary N) is 1. The molecule has 3 rings (SSSR count). The molecule has 0 radical (unpaired) electrons. The lowest BCUT2D eigenvalue weighted by atomic mass is 10.2. The number of hydrogen-bond acceptors (Lipinski definition) is 6. The summed E-state index contributed by atoms with van der Waals surface area (Å²) in [6, 6.07) is 8.68. The highest BCUT2D eigenvalue weighted by Crippen LogP contribution is 2.24. The Labute approximate surface area is 141 Å². The molecular weight excluding hydrogens is 320 g/mol. The van der Waals surface area contributed by atoms with Gasteiger partial charge in [-0.2, -0.15) is 4.98 Å². The number of benzene rings is 1. The van der Waals surface area contributed by atoms with Gasteiger partial charge in [0.2, 0.25) is 5.89 Å². The third-order valence-electron chi connectivity index (χ3n) is 3.68. The Morgan fingerprint density at radius 3 is 2.86 bits per heavy atom. The maximum atomic E-state index is 5.38. The number of rotatable bonds is 4. The molecule has 1 saturated heterocycles. The number of aromatic nitrogens is 2. The summed E-state index contributed by atoms with van der Waals surface area (Å²) in [6.45, 7) is 4.99. The van der Waals surface area contributed by atoms with Gasteiger partial charge in [0, 0.05) is 24.5 Å². The molecule has 22 heavy (non-hydrogen) atoms. The number of halogens is 1. The van der Waals surface area contributed by atoms with Crippen LogP contribution in [0.4, 0.5) is 0 Å². The van der Waals surface area contributed by atoms with E-state index in [0.717, 1.165) is 25.5 Å². The van der Waals surface area contributed by atoms with Crippen molar-refractivity contribution in [3.63, 3.8) is 0 Å². The molecule has 1 fully saturated rings. The van der Waals surface area contributed by atoms with Gasteiger partial charge in [-0.05, 0) is 26.1 Å². The quantitative estimate of drug-likeness (QED) is 0.864. The van der Waals surface area contributed by atoms with E-state index < -0.39 is 0 Å². The summed E-state index contributed by atoms with van der Waals surface area (Å²) in [5.41, 5.74) is 1.27. The third kappa shape index (κ3) is 4.23. The van der Waals surface area contributed by atoms with Crippen molar-refractivity contribution >= 4 is 24.2 Å². The highest BCUT2D eigenvalue weighted by atomic mass is 35.5. The summed E-state index contributed by atoms with van der Waals surface area (Å²) in [4.78, 5) is 8.02. The van der Waals surface area contributed by atoms with Crippen molar-refractivity contribution in [1.82, 2.24) is 20.4 Å². The standard InChI is InChI=1S/C15H20N4OS.ClH/c1-11-3-5-12(6-4-11)21-10-14-17-15(18-20-14)13-9-16-7-8-19(13)2;/h3-6,13,16H,7-10H2,1-2H3;1H. The summed E-state index contributed by atoms with van der Waals surface area (Å²) in [5.74, 6) is 2.18. The molecule has 1 aromatic heterocycles. The molecule has 1 atom stereocenters. The largest absolute Gasteiger partial charge is 0.338 e. The van der Waals surface area contributed by atoms with E-state index in [0.29, 0.717) is 11.6 Å². The SMILES string of the molecule is Cc1ccc(SCc2nc(C3CNCCN3C)no2)cc1.Cl. The molecule has 0 saturated carbocycles. The second kappa shape index (κ2) is 7.97. The van der Waals surface area contributed by atoms with Gasteiger partial charge in [-0.3, -0.25) is 4.90 Å². The van der Waals surface area contributed by atoms with E-state index in [1.807, 2.05) is 0 Å². The number of nitrogens with zero attached hydrogens (tertiary/aromatic N) is 3. The monoisotopic (exact) mass is 340 g/mol. The molecule has 2 heterocycles. The first-order valence-electron chi connectivity index (χ1n) is 7.15. The van der Waals surface area contributed by atoms with E-state index in [1.165, 1.54) is 10.5 Å². The zero-order chi connectivity index (χ0) is 14.7. The molecular formula is C15H21ClN4OS. The average Bonchev–Trinajstić information content (AvgIpc) is 2.96. The molecule has 1 aliphatic heterocycles. The van der Waals surface area contributed by atoms with Gasteiger partial charge in [0.15, 0.2) is 5.82 Å². The van der Waals surface area contributed by atoms with Crippen molar-refractivity contribution in [1.29, 1.82) is 0 Å². The van der Waals surface area contributed by atoms with Crippen molar-refractivity contribution in [2.75, 3.05) is 26.7 Å². The second-order valence-corrected chi connectivity index (χ2v) is 6.40. The minimum Gasteiger partial charge on any atom is -0.338 e. The van der Waals surface area contributed by atoms with Crippen LogP contribution in [0, 0.1) is 6.92 Å². The van der Waals surface area contributed by atoms with Crippen molar-refractivity contribution in [2.24, 2.45) is 0 Å². The highest BCUT2D eigenvalue weighted by Gasteiger charge is 2.25. The first-order chi connectivity index (χ1) is 10.2. The molecule has 1 aliphatic rings. The molecule has 0 amide bonds. The summed E-state index contributed by atoms with van der Waals surface area (Å²) in [6.07, 6.45) is 0. The Balaban J connectivity index is 0.00000176. The van der Waals surface area contributed by atoms with Crippen LogP contribution in [0.15, 0.2) is 33.7 Å².